The first-order valence-electron chi connectivity index (χ1n) is 6.66. The lowest BCUT2D eigenvalue weighted by atomic mass is 10.2. The zero-order valence-electron chi connectivity index (χ0n) is 11.3. The van der Waals surface area contributed by atoms with Gasteiger partial charge in [0, 0.05) is 10.6 Å². The van der Waals surface area contributed by atoms with Crippen LogP contribution < -0.4 is 10.1 Å². The standard InChI is InChI=1S/C16H18ClNO2/c17-15-6-4-13(5-7-15)12-20-16-3-1-2-14(10-16)11-18-8-9-19/h1-7,10,18-19H,8-9,11-12H2/p+1. The highest BCUT2D eigenvalue weighted by Gasteiger charge is 2.00. The van der Waals surface area contributed by atoms with Crippen LogP contribution in [-0.4, -0.2) is 18.3 Å². The molecule has 2 aromatic rings. The van der Waals surface area contributed by atoms with E-state index in [1.54, 1.807) is 0 Å². The molecular formula is C16H19ClNO2+. The smallest absolute Gasteiger partial charge is 0.120 e. The zero-order chi connectivity index (χ0) is 14.2. The maximum absolute atomic E-state index is 8.76. The molecule has 0 amide bonds. The highest BCUT2D eigenvalue weighted by atomic mass is 35.5. The van der Waals surface area contributed by atoms with Crippen molar-refractivity contribution in [2.24, 2.45) is 0 Å². The molecule has 0 aliphatic carbocycles. The van der Waals surface area contributed by atoms with E-state index < -0.39 is 0 Å². The zero-order valence-corrected chi connectivity index (χ0v) is 12.0. The van der Waals surface area contributed by atoms with Crippen molar-refractivity contribution < 1.29 is 15.2 Å². The summed E-state index contributed by atoms with van der Waals surface area (Å²) in [5.74, 6) is 0.856. The second kappa shape index (κ2) is 7.90. The number of hydrogen-bond donors (Lipinski definition) is 2. The first-order valence-corrected chi connectivity index (χ1v) is 7.04. The molecule has 0 saturated carbocycles. The molecule has 0 unspecified atom stereocenters. The minimum Gasteiger partial charge on any atom is -0.489 e. The van der Waals surface area contributed by atoms with Crippen molar-refractivity contribution in [3.8, 4) is 5.75 Å². The van der Waals surface area contributed by atoms with Gasteiger partial charge in [-0.25, -0.2) is 0 Å². The van der Waals surface area contributed by atoms with Gasteiger partial charge in [0.1, 0.15) is 18.9 Å². The van der Waals surface area contributed by atoms with Crippen molar-refractivity contribution >= 4 is 11.6 Å². The lowest BCUT2D eigenvalue weighted by Gasteiger charge is -2.08. The maximum Gasteiger partial charge on any atom is 0.120 e. The van der Waals surface area contributed by atoms with Crippen LogP contribution in [0.3, 0.4) is 0 Å². The molecule has 0 aliphatic heterocycles. The minimum absolute atomic E-state index is 0.201. The van der Waals surface area contributed by atoms with E-state index in [4.69, 9.17) is 21.4 Å². The van der Waals surface area contributed by atoms with E-state index >= 15 is 0 Å². The van der Waals surface area contributed by atoms with Gasteiger partial charge in [-0.1, -0.05) is 35.9 Å². The number of hydrogen-bond acceptors (Lipinski definition) is 2. The highest BCUT2D eigenvalue weighted by Crippen LogP contribution is 2.16. The van der Waals surface area contributed by atoms with Gasteiger partial charge in [-0.3, -0.25) is 0 Å². The van der Waals surface area contributed by atoms with Gasteiger partial charge in [-0.05, 0) is 29.8 Å². The second-order valence-electron chi connectivity index (χ2n) is 4.57. The molecule has 0 spiro atoms. The van der Waals surface area contributed by atoms with Crippen LogP contribution in [0.1, 0.15) is 11.1 Å². The summed E-state index contributed by atoms with van der Waals surface area (Å²) >= 11 is 5.85. The van der Waals surface area contributed by atoms with Crippen molar-refractivity contribution in [2.45, 2.75) is 13.2 Å². The highest BCUT2D eigenvalue weighted by molar-refractivity contribution is 6.30. The summed E-state index contributed by atoms with van der Waals surface area (Å²) < 4.78 is 5.77. The number of aliphatic hydroxyl groups excluding tert-OH is 1. The molecule has 0 atom stereocenters. The molecule has 0 aliphatic rings. The van der Waals surface area contributed by atoms with Gasteiger partial charge in [-0.15, -0.1) is 0 Å². The van der Waals surface area contributed by atoms with Crippen LogP contribution in [0.25, 0.3) is 0 Å². The number of rotatable bonds is 7. The summed E-state index contributed by atoms with van der Waals surface area (Å²) in [5, 5.41) is 11.6. The van der Waals surface area contributed by atoms with Gasteiger partial charge in [0.15, 0.2) is 0 Å². The topological polar surface area (TPSA) is 46.1 Å². The number of nitrogens with two attached hydrogens (primary N) is 1. The van der Waals surface area contributed by atoms with E-state index in [9.17, 15) is 0 Å². The van der Waals surface area contributed by atoms with Crippen molar-refractivity contribution in [1.29, 1.82) is 0 Å². The van der Waals surface area contributed by atoms with Crippen molar-refractivity contribution in [2.75, 3.05) is 13.2 Å². The van der Waals surface area contributed by atoms with E-state index in [1.165, 1.54) is 5.56 Å². The van der Waals surface area contributed by atoms with E-state index in [1.807, 2.05) is 42.5 Å². The number of halogens is 1. The number of aliphatic hydroxyl groups is 1. The van der Waals surface area contributed by atoms with Gasteiger partial charge in [0.25, 0.3) is 0 Å². The fraction of sp³-hybridized carbons (Fsp3) is 0.250. The Morgan fingerprint density at radius 2 is 1.85 bits per heavy atom. The predicted octanol–water partition coefficient (Wildman–Crippen LogP) is 1.97. The third kappa shape index (κ3) is 4.85. The molecule has 20 heavy (non-hydrogen) atoms. The Bertz CT molecular complexity index is 528. The van der Waals surface area contributed by atoms with Gasteiger partial charge in [0.2, 0.25) is 0 Å². The molecule has 0 fully saturated rings. The molecule has 106 valence electrons. The fourth-order valence-corrected chi connectivity index (χ4v) is 2.00. The monoisotopic (exact) mass is 292 g/mol. The largest absolute Gasteiger partial charge is 0.489 e. The average Bonchev–Trinajstić information content (AvgIpc) is 2.47. The normalized spacial score (nSPS) is 10.5. The van der Waals surface area contributed by atoms with Crippen LogP contribution in [0, 0.1) is 0 Å². The molecule has 0 heterocycles. The SMILES string of the molecule is OCC[NH2+]Cc1cccc(OCc2ccc(Cl)cc2)c1. The van der Waals surface area contributed by atoms with Crippen molar-refractivity contribution in [3.05, 3.63) is 64.7 Å². The van der Waals surface area contributed by atoms with E-state index in [2.05, 4.69) is 11.4 Å². The molecule has 3 N–H and O–H groups in total. The summed E-state index contributed by atoms with van der Waals surface area (Å²) in [4.78, 5) is 0. The molecule has 4 heteroatoms. The predicted molar refractivity (Wildman–Crippen MR) is 79.8 cm³/mol. The Balaban J connectivity index is 1.89. The van der Waals surface area contributed by atoms with E-state index in [0.29, 0.717) is 6.61 Å². The lowest BCUT2D eigenvalue weighted by molar-refractivity contribution is -0.671. The molecular weight excluding hydrogens is 274 g/mol. The Hall–Kier alpha value is -1.55. The Labute approximate surface area is 124 Å². The average molecular weight is 293 g/mol. The molecule has 2 aromatic carbocycles. The number of quaternary nitrogens is 1. The summed E-state index contributed by atoms with van der Waals surface area (Å²) in [6, 6.07) is 15.7. The number of benzene rings is 2. The Kier molecular flexibility index (Phi) is 5.87. The Morgan fingerprint density at radius 1 is 1.05 bits per heavy atom. The minimum atomic E-state index is 0.201. The van der Waals surface area contributed by atoms with Crippen LogP contribution in [0.4, 0.5) is 0 Å². The van der Waals surface area contributed by atoms with Crippen LogP contribution in [0.5, 0.6) is 5.75 Å². The summed E-state index contributed by atoms with van der Waals surface area (Å²) in [5.41, 5.74) is 2.28. The molecule has 3 nitrogen and oxygen atoms in total. The quantitative estimate of drug-likeness (QED) is 0.767. The molecule has 0 saturated heterocycles. The Morgan fingerprint density at radius 3 is 2.60 bits per heavy atom. The maximum atomic E-state index is 8.76. The summed E-state index contributed by atoms with van der Waals surface area (Å²) in [6.45, 7) is 2.29. The molecule has 0 radical (unpaired) electrons. The van der Waals surface area contributed by atoms with Gasteiger partial charge in [-0.2, -0.15) is 0 Å². The van der Waals surface area contributed by atoms with Gasteiger partial charge in [0.05, 0.1) is 13.2 Å². The lowest BCUT2D eigenvalue weighted by Crippen LogP contribution is -2.83. The molecule has 0 aromatic heterocycles. The van der Waals surface area contributed by atoms with Gasteiger partial charge < -0.3 is 15.2 Å². The first-order chi connectivity index (χ1) is 9.78. The van der Waals surface area contributed by atoms with Crippen molar-refractivity contribution in [1.82, 2.24) is 0 Å². The van der Waals surface area contributed by atoms with Crippen LogP contribution in [0.2, 0.25) is 5.02 Å². The van der Waals surface area contributed by atoms with Crippen LogP contribution >= 0.6 is 11.6 Å². The second-order valence-corrected chi connectivity index (χ2v) is 5.00. The molecule has 2 rings (SSSR count). The van der Waals surface area contributed by atoms with E-state index in [0.717, 1.165) is 29.4 Å². The third-order valence-corrected chi connectivity index (χ3v) is 3.18. The van der Waals surface area contributed by atoms with E-state index in [-0.39, 0.29) is 6.61 Å². The first kappa shape index (κ1) is 14.9. The third-order valence-electron chi connectivity index (χ3n) is 2.93. The fourth-order valence-electron chi connectivity index (χ4n) is 1.87. The number of ether oxygens (including phenoxy) is 1. The summed E-state index contributed by atoms with van der Waals surface area (Å²) in [6.07, 6.45) is 0. The van der Waals surface area contributed by atoms with Crippen LogP contribution in [-0.2, 0) is 13.2 Å². The van der Waals surface area contributed by atoms with Crippen molar-refractivity contribution in [3.63, 3.8) is 0 Å². The van der Waals surface area contributed by atoms with Crippen LogP contribution in [0.15, 0.2) is 48.5 Å². The van der Waals surface area contributed by atoms with Gasteiger partial charge >= 0.3 is 0 Å². The molecule has 0 bridgehead atoms. The summed E-state index contributed by atoms with van der Waals surface area (Å²) in [7, 11) is 0.